The van der Waals surface area contributed by atoms with E-state index in [1.807, 2.05) is 7.05 Å². The molecule has 0 bridgehead atoms. The van der Waals surface area contributed by atoms with Gasteiger partial charge in [0.25, 0.3) is 0 Å². The predicted molar refractivity (Wildman–Crippen MR) is 78.2 cm³/mol. The molecular formula is C16H30N2O. The molecule has 3 aliphatic rings. The lowest BCUT2D eigenvalue weighted by atomic mass is 9.85. The minimum atomic E-state index is 0.0226. The summed E-state index contributed by atoms with van der Waals surface area (Å²) in [5.74, 6) is 1.68. The molecule has 0 aromatic heterocycles. The van der Waals surface area contributed by atoms with Crippen molar-refractivity contribution in [2.24, 2.45) is 11.8 Å². The highest BCUT2D eigenvalue weighted by Crippen LogP contribution is 2.39. The van der Waals surface area contributed by atoms with E-state index in [4.69, 9.17) is 0 Å². The molecule has 110 valence electrons. The summed E-state index contributed by atoms with van der Waals surface area (Å²) in [5.41, 5.74) is 0.0226. The van der Waals surface area contributed by atoms with Gasteiger partial charge in [0, 0.05) is 18.1 Å². The lowest BCUT2D eigenvalue weighted by Gasteiger charge is -2.35. The zero-order valence-corrected chi connectivity index (χ0v) is 12.4. The lowest BCUT2D eigenvalue weighted by Crippen LogP contribution is -2.50. The highest BCUT2D eigenvalue weighted by Gasteiger charge is 2.41. The van der Waals surface area contributed by atoms with Crippen molar-refractivity contribution in [3.63, 3.8) is 0 Å². The molecular weight excluding hydrogens is 236 g/mol. The molecule has 3 saturated carbocycles. The van der Waals surface area contributed by atoms with Crippen molar-refractivity contribution in [3.8, 4) is 0 Å². The summed E-state index contributed by atoms with van der Waals surface area (Å²) in [7, 11) is 2.03. The molecule has 2 N–H and O–H groups in total. The number of nitrogens with one attached hydrogen (secondary N) is 1. The van der Waals surface area contributed by atoms with Crippen molar-refractivity contribution < 1.29 is 5.11 Å². The summed E-state index contributed by atoms with van der Waals surface area (Å²) in [6.07, 6.45) is 10.8. The fourth-order valence-corrected chi connectivity index (χ4v) is 4.00. The average Bonchev–Trinajstić information content (AvgIpc) is 3.33. The fraction of sp³-hybridized carbons (Fsp3) is 1.00. The summed E-state index contributed by atoms with van der Waals surface area (Å²) < 4.78 is 0. The largest absolute Gasteiger partial charge is 0.394 e. The van der Waals surface area contributed by atoms with Crippen LogP contribution in [0.4, 0.5) is 0 Å². The first-order valence-electron chi connectivity index (χ1n) is 8.31. The van der Waals surface area contributed by atoms with Gasteiger partial charge < -0.3 is 15.3 Å². The van der Waals surface area contributed by atoms with Crippen molar-refractivity contribution in [1.82, 2.24) is 10.2 Å². The smallest absolute Gasteiger partial charge is 0.0615 e. The van der Waals surface area contributed by atoms with Crippen LogP contribution in [0.1, 0.15) is 51.4 Å². The molecule has 0 aromatic rings. The van der Waals surface area contributed by atoms with E-state index in [2.05, 4.69) is 10.2 Å². The standard InChI is InChI=1S/C16H30N2O/c1-17-16(12-19)9-2-3-14(16)8-10-18(15-6-7-15)11-13-4-5-13/h13-15,17,19H,2-12H2,1H3. The second-order valence-corrected chi connectivity index (χ2v) is 7.11. The zero-order valence-electron chi connectivity index (χ0n) is 12.4. The Bertz CT molecular complexity index is 295. The van der Waals surface area contributed by atoms with E-state index in [1.54, 1.807) is 0 Å². The molecule has 0 spiro atoms. The van der Waals surface area contributed by atoms with Crippen LogP contribution in [0.2, 0.25) is 0 Å². The van der Waals surface area contributed by atoms with Gasteiger partial charge in [-0.3, -0.25) is 0 Å². The van der Waals surface area contributed by atoms with Gasteiger partial charge in [-0.25, -0.2) is 0 Å². The first-order valence-corrected chi connectivity index (χ1v) is 8.31. The maximum Gasteiger partial charge on any atom is 0.0615 e. The van der Waals surface area contributed by atoms with E-state index in [1.165, 1.54) is 58.0 Å². The molecule has 3 rings (SSSR count). The van der Waals surface area contributed by atoms with Crippen molar-refractivity contribution >= 4 is 0 Å². The Labute approximate surface area is 117 Å². The molecule has 3 fully saturated rings. The highest BCUT2D eigenvalue weighted by atomic mass is 16.3. The predicted octanol–water partition coefficient (Wildman–Crippen LogP) is 2.00. The minimum Gasteiger partial charge on any atom is -0.394 e. The summed E-state index contributed by atoms with van der Waals surface area (Å²) >= 11 is 0. The van der Waals surface area contributed by atoms with E-state index < -0.39 is 0 Å². The Kier molecular flexibility index (Phi) is 4.16. The molecule has 2 unspecified atom stereocenters. The number of hydrogen-bond donors (Lipinski definition) is 2. The van der Waals surface area contributed by atoms with Gasteiger partial charge in [0.2, 0.25) is 0 Å². The third-order valence-electron chi connectivity index (χ3n) is 5.75. The summed E-state index contributed by atoms with van der Waals surface area (Å²) in [4.78, 5) is 2.76. The number of aliphatic hydroxyl groups excluding tert-OH is 1. The number of aliphatic hydroxyl groups is 1. The quantitative estimate of drug-likeness (QED) is 0.705. The van der Waals surface area contributed by atoms with Crippen LogP contribution in [0, 0.1) is 11.8 Å². The van der Waals surface area contributed by atoms with E-state index in [-0.39, 0.29) is 5.54 Å². The first-order chi connectivity index (χ1) is 9.27. The van der Waals surface area contributed by atoms with Crippen LogP contribution in [0.15, 0.2) is 0 Å². The van der Waals surface area contributed by atoms with Crippen LogP contribution in [0.5, 0.6) is 0 Å². The molecule has 0 amide bonds. The second kappa shape index (κ2) is 5.71. The molecule has 19 heavy (non-hydrogen) atoms. The Morgan fingerprint density at radius 3 is 2.58 bits per heavy atom. The van der Waals surface area contributed by atoms with Gasteiger partial charge in [0.15, 0.2) is 0 Å². The molecule has 3 nitrogen and oxygen atoms in total. The van der Waals surface area contributed by atoms with Gasteiger partial charge in [-0.05, 0) is 70.4 Å². The SMILES string of the molecule is CNC1(CO)CCCC1CCN(CC1CC1)C1CC1. The Morgan fingerprint density at radius 1 is 1.21 bits per heavy atom. The van der Waals surface area contributed by atoms with Crippen LogP contribution < -0.4 is 5.32 Å². The Balaban J connectivity index is 1.51. The van der Waals surface area contributed by atoms with Gasteiger partial charge in [0.1, 0.15) is 0 Å². The van der Waals surface area contributed by atoms with E-state index in [0.29, 0.717) is 12.5 Å². The Hall–Kier alpha value is -0.120. The van der Waals surface area contributed by atoms with Gasteiger partial charge in [-0.2, -0.15) is 0 Å². The van der Waals surface area contributed by atoms with Crippen LogP contribution in [0.3, 0.4) is 0 Å². The van der Waals surface area contributed by atoms with Crippen LogP contribution >= 0.6 is 0 Å². The molecule has 3 heteroatoms. The molecule has 0 heterocycles. The van der Waals surface area contributed by atoms with Gasteiger partial charge in [0.05, 0.1) is 6.61 Å². The number of rotatable bonds is 8. The average molecular weight is 266 g/mol. The van der Waals surface area contributed by atoms with Crippen LogP contribution in [-0.2, 0) is 0 Å². The Morgan fingerprint density at radius 2 is 2.00 bits per heavy atom. The minimum absolute atomic E-state index is 0.0226. The maximum atomic E-state index is 9.75. The monoisotopic (exact) mass is 266 g/mol. The molecule has 3 aliphatic carbocycles. The van der Waals surface area contributed by atoms with Gasteiger partial charge >= 0.3 is 0 Å². The lowest BCUT2D eigenvalue weighted by molar-refractivity contribution is 0.116. The van der Waals surface area contributed by atoms with E-state index >= 15 is 0 Å². The molecule has 0 radical (unpaired) electrons. The molecule has 0 saturated heterocycles. The van der Waals surface area contributed by atoms with Crippen molar-refractivity contribution in [1.29, 1.82) is 0 Å². The van der Waals surface area contributed by atoms with Gasteiger partial charge in [-0.15, -0.1) is 0 Å². The van der Waals surface area contributed by atoms with Crippen molar-refractivity contribution in [3.05, 3.63) is 0 Å². The number of hydrogen-bond acceptors (Lipinski definition) is 3. The molecule has 2 atom stereocenters. The summed E-state index contributed by atoms with van der Waals surface area (Å²) in [6.45, 7) is 2.92. The van der Waals surface area contributed by atoms with Crippen LogP contribution in [-0.4, -0.2) is 48.3 Å². The van der Waals surface area contributed by atoms with Crippen molar-refractivity contribution in [2.75, 3.05) is 26.7 Å². The van der Waals surface area contributed by atoms with Crippen LogP contribution in [0.25, 0.3) is 0 Å². The highest BCUT2D eigenvalue weighted by molar-refractivity contribution is 4.99. The third kappa shape index (κ3) is 3.14. The maximum absolute atomic E-state index is 9.75. The third-order valence-corrected chi connectivity index (χ3v) is 5.75. The molecule has 0 aliphatic heterocycles. The normalized spacial score (nSPS) is 35.2. The topological polar surface area (TPSA) is 35.5 Å². The van der Waals surface area contributed by atoms with E-state index in [0.717, 1.165) is 18.4 Å². The van der Waals surface area contributed by atoms with E-state index in [9.17, 15) is 5.11 Å². The fourth-order valence-electron chi connectivity index (χ4n) is 4.00. The number of likely N-dealkylation sites (N-methyl/N-ethyl adjacent to an activating group) is 1. The summed E-state index contributed by atoms with van der Waals surface area (Å²) in [5, 5.41) is 13.2. The first kappa shape index (κ1) is 13.8. The second-order valence-electron chi connectivity index (χ2n) is 7.11. The van der Waals surface area contributed by atoms with Gasteiger partial charge in [-0.1, -0.05) is 6.42 Å². The summed E-state index contributed by atoms with van der Waals surface area (Å²) in [6, 6.07) is 0.903. The zero-order chi connectivity index (χ0) is 13.3. The number of nitrogens with zero attached hydrogens (tertiary/aromatic N) is 1. The van der Waals surface area contributed by atoms with Crippen molar-refractivity contribution in [2.45, 2.75) is 62.9 Å². The molecule has 0 aromatic carbocycles.